The van der Waals surface area contributed by atoms with Crippen molar-refractivity contribution in [3.8, 4) is 5.75 Å². The van der Waals surface area contributed by atoms with Gasteiger partial charge in [0.15, 0.2) is 0 Å². The Kier molecular flexibility index (Phi) is 7.50. The van der Waals surface area contributed by atoms with Gasteiger partial charge in [-0.15, -0.1) is 0 Å². The molecular weight excluding hydrogens is 400 g/mol. The molecule has 6 nitrogen and oxygen atoms in total. The summed E-state index contributed by atoms with van der Waals surface area (Å²) in [6, 6.07) is 14.3. The van der Waals surface area contributed by atoms with Crippen LogP contribution < -0.4 is 9.46 Å². The number of methoxy groups -OCH3 is 1. The normalized spacial score (nSPS) is 14.6. The highest BCUT2D eigenvalue weighted by Crippen LogP contribution is 2.28. The maximum Gasteiger partial charge on any atom is 0.254 e. The average molecular weight is 431 g/mol. The molecule has 0 radical (unpaired) electrons. The van der Waals surface area contributed by atoms with Crippen LogP contribution in [-0.2, 0) is 16.6 Å². The molecule has 1 N–H and O–H groups in total. The van der Waals surface area contributed by atoms with Crippen LogP contribution in [0, 0.1) is 0 Å². The molecule has 7 heteroatoms. The zero-order chi connectivity index (χ0) is 21.6. The number of sulfonamides is 1. The molecule has 0 aromatic heterocycles. The first-order valence-corrected chi connectivity index (χ1v) is 12.0. The van der Waals surface area contributed by atoms with Crippen molar-refractivity contribution in [3.63, 3.8) is 0 Å². The summed E-state index contributed by atoms with van der Waals surface area (Å²) in [4.78, 5) is 15.0. The first kappa shape index (κ1) is 22.3. The maximum absolute atomic E-state index is 13.2. The van der Waals surface area contributed by atoms with E-state index in [0.29, 0.717) is 18.7 Å². The van der Waals surface area contributed by atoms with E-state index in [9.17, 15) is 13.2 Å². The van der Waals surface area contributed by atoms with E-state index in [-0.39, 0.29) is 22.6 Å². The number of nitrogens with zero attached hydrogens (tertiary/aromatic N) is 1. The third-order valence-electron chi connectivity index (χ3n) is 5.37. The molecule has 0 heterocycles. The molecule has 1 saturated carbocycles. The third kappa shape index (κ3) is 5.40. The zero-order valence-corrected chi connectivity index (χ0v) is 18.5. The summed E-state index contributed by atoms with van der Waals surface area (Å²) < 4.78 is 34.1. The number of benzene rings is 2. The van der Waals surface area contributed by atoms with Crippen molar-refractivity contribution in [1.29, 1.82) is 0 Å². The molecule has 1 aliphatic carbocycles. The van der Waals surface area contributed by atoms with Gasteiger partial charge in [0.05, 0.1) is 7.11 Å². The van der Waals surface area contributed by atoms with Gasteiger partial charge in [-0.3, -0.25) is 4.79 Å². The lowest BCUT2D eigenvalue weighted by atomic mass is 10.1. The van der Waals surface area contributed by atoms with Crippen LogP contribution in [0.4, 0.5) is 0 Å². The van der Waals surface area contributed by atoms with Gasteiger partial charge in [0, 0.05) is 24.7 Å². The van der Waals surface area contributed by atoms with Gasteiger partial charge in [0.25, 0.3) is 5.91 Å². The fourth-order valence-electron chi connectivity index (χ4n) is 3.86. The summed E-state index contributed by atoms with van der Waals surface area (Å²) in [5.74, 6) is 0.0443. The molecule has 3 rings (SSSR count). The van der Waals surface area contributed by atoms with Crippen LogP contribution >= 0.6 is 0 Å². The Hall–Kier alpha value is -2.38. The van der Waals surface area contributed by atoms with Crippen molar-refractivity contribution >= 4 is 15.9 Å². The van der Waals surface area contributed by atoms with Gasteiger partial charge in [0.1, 0.15) is 10.6 Å². The summed E-state index contributed by atoms with van der Waals surface area (Å²) in [6.07, 6.45) is 4.52. The highest BCUT2D eigenvalue weighted by molar-refractivity contribution is 7.89. The lowest BCUT2D eigenvalue weighted by molar-refractivity contribution is 0.0743. The van der Waals surface area contributed by atoms with Crippen LogP contribution in [0.5, 0.6) is 5.75 Å². The van der Waals surface area contributed by atoms with E-state index in [4.69, 9.17) is 4.74 Å². The van der Waals surface area contributed by atoms with E-state index in [1.165, 1.54) is 13.2 Å². The maximum atomic E-state index is 13.2. The van der Waals surface area contributed by atoms with Gasteiger partial charge >= 0.3 is 0 Å². The van der Waals surface area contributed by atoms with Crippen molar-refractivity contribution in [2.75, 3.05) is 13.7 Å². The molecular formula is C23H30N2O4S. The van der Waals surface area contributed by atoms with Crippen LogP contribution in [-0.4, -0.2) is 38.9 Å². The highest BCUT2D eigenvalue weighted by Gasteiger charge is 2.27. The predicted octanol–water partition coefficient (Wildman–Crippen LogP) is 3.97. The standard InChI is InChI=1S/C23H30N2O4S/c1-3-15-25(17-18-9-5-4-6-10-18)23(26)19-13-14-21(29-2)22(16-19)30(27,28)24-20-11-7-8-12-20/h4-6,9-10,13-14,16,20,24H,3,7-8,11-12,15,17H2,1-2H3. The summed E-state index contributed by atoms with van der Waals surface area (Å²) in [7, 11) is -2.35. The Morgan fingerprint density at radius 3 is 2.47 bits per heavy atom. The molecule has 1 aliphatic rings. The second-order valence-corrected chi connectivity index (χ2v) is 9.36. The summed E-state index contributed by atoms with van der Waals surface area (Å²) in [6.45, 7) is 3.07. The zero-order valence-electron chi connectivity index (χ0n) is 17.6. The van der Waals surface area contributed by atoms with Gasteiger partial charge in [0.2, 0.25) is 10.0 Å². The van der Waals surface area contributed by atoms with Crippen LogP contribution in [0.2, 0.25) is 0 Å². The van der Waals surface area contributed by atoms with E-state index < -0.39 is 10.0 Å². The van der Waals surface area contributed by atoms with Crippen molar-refractivity contribution in [1.82, 2.24) is 9.62 Å². The van der Waals surface area contributed by atoms with Gasteiger partial charge < -0.3 is 9.64 Å². The molecule has 0 atom stereocenters. The van der Waals surface area contributed by atoms with Crippen LogP contribution in [0.15, 0.2) is 53.4 Å². The first-order chi connectivity index (χ1) is 14.4. The third-order valence-corrected chi connectivity index (χ3v) is 6.92. The topological polar surface area (TPSA) is 75.7 Å². The smallest absolute Gasteiger partial charge is 0.254 e. The predicted molar refractivity (Wildman–Crippen MR) is 117 cm³/mol. The van der Waals surface area contributed by atoms with Crippen molar-refractivity contribution < 1.29 is 17.9 Å². The van der Waals surface area contributed by atoms with Crippen molar-refractivity contribution in [2.24, 2.45) is 0 Å². The van der Waals surface area contributed by atoms with Gasteiger partial charge in [-0.25, -0.2) is 13.1 Å². The number of ether oxygens (including phenoxy) is 1. The molecule has 162 valence electrons. The van der Waals surface area contributed by atoms with E-state index in [2.05, 4.69) is 4.72 Å². The number of hydrogen-bond acceptors (Lipinski definition) is 4. The second-order valence-electron chi connectivity index (χ2n) is 7.68. The number of nitrogens with one attached hydrogen (secondary N) is 1. The summed E-state index contributed by atoms with van der Waals surface area (Å²) in [5.41, 5.74) is 1.37. The number of hydrogen-bond donors (Lipinski definition) is 1. The molecule has 30 heavy (non-hydrogen) atoms. The minimum absolute atomic E-state index is 0.0129. The first-order valence-electron chi connectivity index (χ1n) is 10.5. The second kappa shape index (κ2) is 10.1. The number of amides is 1. The van der Waals surface area contributed by atoms with Crippen LogP contribution in [0.3, 0.4) is 0 Å². The number of carbonyl (C=O) groups excluding carboxylic acids is 1. The Morgan fingerprint density at radius 1 is 1.13 bits per heavy atom. The Morgan fingerprint density at radius 2 is 1.83 bits per heavy atom. The molecule has 0 aliphatic heterocycles. The van der Waals surface area contributed by atoms with E-state index in [1.807, 2.05) is 37.3 Å². The van der Waals surface area contributed by atoms with E-state index >= 15 is 0 Å². The lowest BCUT2D eigenvalue weighted by Gasteiger charge is -2.23. The van der Waals surface area contributed by atoms with E-state index in [1.54, 1.807) is 17.0 Å². The fraction of sp³-hybridized carbons (Fsp3) is 0.435. The quantitative estimate of drug-likeness (QED) is 0.653. The van der Waals surface area contributed by atoms with Crippen molar-refractivity contribution in [3.05, 3.63) is 59.7 Å². The molecule has 0 bridgehead atoms. The molecule has 1 amide bonds. The summed E-state index contributed by atoms with van der Waals surface area (Å²) in [5, 5.41) is 0. The molecule has 2 aromatic rings. The van der Waals surface area contributed by atoms with Gasteiger partial charge in [-0.1, -0.05) is 50.1 Å². The SMILES string of the molecule is CCCN(Cc1ccccc1)C(=O)c1ccc(OC)c(S(=O)(=O)NC2CCCC2)c1. The highest BCUT2D eigenvalue weighted by atomic mass is 32.2. The molecule has 2 aromatic carbocycles. The monoisotopic (exact) mass is 430 g/mol. The largest absolute Gasteiger partial charge is 0.495 e. The van der Waals surface area contributed by atoms with Crippen molar-refractivity contribution in [2.45, 2.75) is 56.5 Å². The Balaban J connectivity index is 1.88. The minimum atomic E-state index is -3.79. The number of carbonyl (C=O) groups is 1. The Labute approximate surface area is 179 Å². The molecule has 1 fully saturated rings. The van der Waals surface area contributed by atoms with Gasteiger partial charge in [-0.05, 0) is 43.0 Å². The van der Waals surface area contributed by atoms with Gasteiger partial charge in [-0.2, -0.15) is 0 Å². The van der Waals surface area contributed by atoms with Crippen LogP contribution in [0.1, 0.15) is 54.9 Å². The summed E-state index contributed by atoms with van der Waals surface area (Å²) >= 11 is 0. The minimum Gasteiger partial charge on any atom is -0.495 e. The number of rotatable bonds is 9. The molecule has 0 unspecified atom stereocenters. The molecule has 0 saturated heterocycles. The average Bonchev–Trinajstić information content (AvgIpc) is 3.25. The Bertz CT molecular complexity index is 954. The van der Waals surface area contributed by atoms with E-state index in [0.717, 1.165) is 37.7 Å². The fourth-order valence-corrected chi connectivity index (χ4v) is 5.35. The lowest BCUT2D eigenvalue weighted by Crippen LogP contribution is -2.34. The van der Waals surface area contributed by atoms with Crippen LogP contribution in [0.25, 0.3) is 0 Å². The molecule has 0 spiro atoms.